The maximum atomic E-state index is 4.53. The minimum atomic E-state index is 0.740. The Kier molecular flexibility index (Phi) is 4.85. The molecule has 0 aliphatic heterocycles. The first-order chi connectivity index (χ1) is 9.63. The van der Waals surface area contributed by atoms with Gasteiger partial charge in [-0.3, -0.25) is 0 Å². The summed E-state index contributed by atoms with van der Waals surface area (Å²) >= 11 is 4.53. The van der Waals surface area contributed by atoms with Crippen molar-refractivity contribution < 1.29 is 0 Å². The molecule has 0 aliphatic rings. The Bertz CT molecular complexity index is 607. The Labute approximate surface area is 126 Å². The summed E-state index contributed by atoms with van der Waals surface area (Å²) in [4.78, 5) is 7.68. The second-order valence-electron chi connectivity index (χ2n) is 4.78. The van der Waals surface area contributed by atoms with Gasteiger partial charge in [-0.05, 0) is 36.6 Å². The highest BCUT2D eigenvalue weighted by molar-refractivity contribution is 7.80. The Morgan fingerprint density at radius 3 is 2.65 bits per heavy atom. The first-order valence-electron chi connectivity index (χ1n) is 6.77. The highest BCUT2D eigenvalue weighted by atomic mass is 32.1. The van der Waals surface area contributed by atoms with Crippen LogP contribution >= 0.6 is 12.6 Å². The van der Waals surface area contributed by atoms with Crippen LogP contribution in [0.15, 0.2) is 59.8 Å². The zero-order valence-corrected chi connectivity index (χ0v) is 12.9. The Hall–Kier alpha value is -1.74. The van der Waals surface area contributed by atoms with E-state index in [1.807, 2.05) is 30.5 Å². The quantitative estimate of drug-likeness (QED) is 0.807. The number of hydrogen-bond acceptors (Lipinski definition) is 3. The summed E-state index contributed by atoms with van der Waals surface area (Å²) in [5.74, 6) is 0.968. The molecular formula is C17H20N2S. The van der Waals surface area contributed by atoms with Gasteiger partial charge in [-0.25, -0.2) is 4.98 Å². The minimum Gasteiger partial charge on any atom is -0.326 e. The zero-order chi connectivity index (χ0) is 14.5. The third-order valence-corrected chi connectivity index (χ3v) is 3.78. The summed E-state index contributed by atoms with van der Waals surface area (Å²) in [6, 6.07) is 12.2. The molecular weight excluding hydrogens is 264 g/mol. The van der Waals surface area contributed by atoms with E-state index in [1.54, 1.807) is 0 Å². The number of anilines is 1. The van der Waals surface area contributed by atoms with Crippen LogP contribution in [0.3, 0.4) is 0 Å². The van der Waals surface area contributed by atoms with Crippen molar-refractivity contribution in [3.8, 4) is 0 Å². The van der Waals surface area contributed by atoms with E-state index in [0.29, 0.717) is 0 Å². The molecule has 0 saturated carbocycles. The molecule has 0 fully saturated rings. The first kappa shape index (κ1) is 14.7. The van der Waals surface area contributed by atoms with Crippen molar-refractivity contribution in [1.29, 1.82) is 0 Å². The Balaban J connectivity index is 2.37. The fourth-order valence-corrected chi connectivity index (χ4v) is 2.33. The van der Waals surface area contributed by atoms with Crippen molar-refractivity contribution in [3.63, 3.8) is 0 Å². The second kappa shape index (κ2) is 6.62. The van der Waals surface area contributed by atoms with E-state index in [0.717, 1.165) is 34.9 Å². The highest BCUT2D eigenvalue weighted by Gasteiger charge is 2.14. The van der Waals surface area contributed by atoms with E-state index >= 15 is 0 Å². The van der Waals surface area contributed by atoms with Crippen LogP contribution in [-0.2, 0) is 6.54 Å². The maximum absolute atomic E-state index is 4.53. The number of benzene rings is 1. The van der Waals surface area contributed by atoms with E-state index in [2.05, 4.69) is 55.1 Å². The van der Waals surface area contributed by atoms with Crippen LogP contribution < -0.4 is 4.90 Å². The molecule has 1 aromatic heterocycles. The summed E-state index contributed by atoms with van der Waals surface area (Å²) < 4.78 is 0. The molecule has 3 heteroatoms. The molecule has 1 aromatic carbocycles. The molecule has 0 saturated heterocycles. The lowest BCUT2D eigenvalue weighted by Gasteiger charge is -2.27. The first-order valence-corrected chi connectivity index (χ1v) is 7.22. The van der Waals surface area contributed by atoms with Crippen LogP contribution in [0.4, 0.5) is 5.82 Å². The Morgan fingerprint density at radius 2 is 2.00 bits per heavy atom. The number of pyridine rings is 1. The van der Waals surface area contributed by atoms with E-state index in [1.165, 1.54) is 5.56 Å². The molecule has 0 N–H and O–H groups in total. The lowest BCUT2D eigenvalue weighted by Crippen LogP contribution is -2.23. The van der Waals surface area contributed by atoms with Crippen LogP contribution in [0, 0.1) is 6.92 Å². The minimum absolute atomic E-state index is 0.740. The van der Waals surface area contributed by atoms with Crippen LogP contribution in [-0.4, -0.2) is 4.98 Å². The van der Waals surface area contributed by atoms with E-state index in [4.69, 9.17) is 0 Å². The molecule has 0 spiro atoms. The van der Waals surface area contributed by atoms with Gasteiger partial charge in [0.1, 0.15) is 5.82 Å². The molecule has 20 heavy (non-hydrogen) atoms. The third kappa shape index (κ3) is 3.23. The monoisotopic (exact) mass is 284 g/mol. The van der Waals surface area contributed by atoms with Crippen LogP contribution in [0.25, 0.3) is 0 Å². The van der Waals surface area contributed by atoms with Gasteiger partial charge in [0, 0.05) is 16.8 Å². The van der Waals surface area contributed by atoms with Gasteiger partial charge in [-0.1, -0.05) is 37.8 Å². The van der Waals surface area contributed by atoms with Gasteiger partial charge >= 0.3 is 0 Å². The fraction of sp³-hybridized carbons (Fsp3) is 0.235. The average Bonchev–Trinajstić information content (AvgIpc) is 2.47. The van der Waals surface area contributed by atoms with E-state index < -0.39 is 0 Å². The number of rotatable bonds is 5. The van der Waals surface area contributed by atoms with Gasteiger partial charge in [-0.2, -0.15) is 0 Å². The van der Waals surface area contributed by atoms with Gasteiger partial charge in [0.15, 0.2) is 0 Å². The van der Waals surface area contributed by atoms with Crippen molar-refractivity contribution >= 4 is 18.4 Å². The van der Waals surface area contributed by atoms with Gasteiger partial charge in [0.25, 0.3) is 0 Å². The summed E-state index contributed by atoms with van der Waals surface area (Å²) in [7, 11) is 0. The van der Waals surface area contributed by atoms with Crippen LogP contribution in [0.1, 0.15) is 24.5 Å². The number of allylic oxidation sites excluding steroid dienone is 1. The van der Waals surface area contributed by atoms with Gasteiger partial charge in [-0.15, -0.1) is 12.6 Å². The maximum Gasteiger partial charge on any atom is 0.135 e. The predicted octanol–water partition coefficient (Wildman–Crippen LogP) is 4.61. The zero-order valence-electron chi connectivity index (χ0n) is 12.0. The molecule has 2 aromatic rings. The summed E-state index contributed by atoms with van der Waals surface area (Å²) in [5.41, 5.74) is 3.39. The van der Waals surface area contributed by atoms with E-state index in [-0.39, 0.29) is 0 Å². The largest absolute Gasteiger partial charge is 0.326 e. The molecule has 104 valence electrons. The lowest BCUT2D eigenvalue weighted by atomic mass is 10.1. The number of thiol groups is 1. The SMILES string of the molecule is C=C(CC)N(Cc1ccccc1S)c1ncccc1C. The van der Waals surface area contributed by atoms with Crippen molar-refractivity contribution in [3.05, 3.63) is 66.0 Å². The second-order valence-corrected chi connectivity index (χ2v) is 5.26. The summed E-state index contributed by atoms with van der Waals surface area (Å²) in [6.07, 6.45) is 2.72. The molecule has 0 amide bonds. The van der Waals surface area contributed by atoms with Gasteiger partial charge < -0.3 is 4.90 Å². The molecule has 1 heterocycles. The van der Waals surface area contributed by atoms with Crippen molar-refractivity contribution in [2.45, 2.75) is 31.7 Å². The molecule has 0 radical (unpaired) electrons. The van der Waals surface area contributed by atoms with Crippen molar-refractivity contribution in [2.24, 2.45) is 0 Å². The number of hydrogen-bond donors (Lipinski definition) is 1. The Morgan fingerprint density at radius 1 is 1.25 bits per heavy atom. The molecule has 0 atom stereocenters. The van der Waals surface area contributed by atoms with Gasteiger partial charge in [0.2, 0.25) is 0 Å². The topological polar surface area (TPSA) is 16.1 Å². The molecule has 0 unspecified atom stereocenters. The lowest BCUT2D eigenvalue weighted by molar-refractivity contribution is 0.835. The predicted molar refractivity (Wildman–Crippen MR) is 88.3 cm³/mol. The average molecular weight is 284 g/mol. The third-order valence-electron chi connectivity index (χ3n) is 3.35. The van der Waals surface area contributed by atoms with Gasteiger partial charge in [0.05, 0.1) is 6.54 Å². The highest BCUT2D eigenvalue weighted by Crippen LogP contribution is 2.25. The number of nitrogens with zero attached hydrogens (tertiary/aromatic N) is 2. The molecule has 0 aliphatic carbocycles. The van der Waals surface area contributed by atoms with Crippen molar-refractivity contribution in [1.82, 2.24) is 4.98 Å². The smallest absolute Gasteiger partial charge is 0.135 e. The molecule has 2 nitrogen and oxygen atoms in total. The van der Waals surface area contributed by atoms with Crippen molar-refractivity contribution in [2.75, 3.05) is 4.90 Å². The molecule has 2 rings (SSSR count). The van der Waals surface area contributed by atoms with Crippen LogP contribution in [0.5, 0.6) is 0 Å². The number of aryl methyl sites for hydroxylation is 1. The summed E-state index contributed by atoms with van der Waals surface area (Å²) in [6.45, 7) is 9.10. The molecule has 0 bridgehead atoms. The standard InChI is InChI=1S/C17H20N2S/c1-4-14(3)19(17-13(2)8-7-11-18-17)12-15-9-5-6-10-16(15)20/h5-11,20H,3-4,12H2,1-2H3. The summed E-state index contributed by atoms with van der Waals surface area (Å²) in [5, 5.41) is 0. The fourth-order valence-electron chi connectivity index (χ4n) is 2.10. The van der Waals surface area contributed by atoms with Crippen LogP contribution in [0.2, 0.25) is 0 Å². The number of aromatic nitrogens is 1. The normalized spacial score (nSPS) is 10.3. The van der Waals surface area contributed by atoms with E-state index in [9.17, 15) is 0 Å².